The lowest BCUT2D eigenvalue weighted by atomic mass is 9.70. The Morgan fingerprint density at radius 2 is 0.758 bits per heavy atom. The number of fused-ring (bicyclic) bond motifs is 13. The summed E-state index contributed by atoms with van der Waals surface area (Å²) < 4.78 is 2.33. The molecule has 62 heavy (non-hydrogen) atoms. The molecular formula is C58H36N4. The maximum Gasteiger partial charge on any atom is 0.164 e. The lowest BCUT2D eigenvalue weighted by Crippen LogP contribution is -2.25. The second kappa shape index (κ2) is 13.4. The van der Waals surface area contributed by atoms with Gasteiger partial charge in [0.05, 0.1) is 16.4 Å². The maximum absolute atomic E-state index is 5.24. The first-order chi connectivity index (χ1) is 30.7. The van der Waals surface area contributed by atoms with Gasteiger partial charge >= 0.3 is 0 Å². The molecular weight excluding hydrogens is 753 g/mol. The van der Waals surface area contributed by atoms with Crippen LogP contribution in [-0.4, -0.2) is 19.5 Å². The van der Waals surface area contributed by atoms with Crippen LogP contribution in [0, 0.1) is 0 Å². The van der Waals surface area contributed by atoms with E-state index in [9.17, 15) is 0 Å². The van der Waals surface area contributed by atoms with Gasteiger partial charge < -0.3 is 4.57 Å². The molecule has 0 bridgehead atoms. The van der Waals surface area contributed by atoms with E-state index in [0.29, 0.717) is 17.5 Å². The molecule has 2 heterocycles. The van der Waals surface area contributed by atoms with Gasteiger partial charge in [0.25, 0.3) is 0 Å². The molecule has 4 heteroatoms. The Morgan fingerprint density at radius 3 is 1.45 bits per heavy atom. The second-order valence-electron chi connectivity index (χ2n) is 16.3. The lowest BCUT2D eigenvalue weighted by molar-refractivity contribution is 0.794. The van der Waals surface area contributed by atoms with E-state index in [1.54, 1.807) is 0 Å². The summed E-state index contributed by atoms with van der Waals surface area (Å²) in [5.41, 5.74) is 18.7. The van der Waals surface area contributed by atoms with Gasteiger partial charge in [-0.25, -0.2) is 15.0 Å². The van der Waals surface area contributed by atoms with Gasteiger partial charge in [0, 0.05) is 33.2 Å². The van der Waals surface area contributed by atoms with Crippen LogP contribution in [0.2, 0.25) is 0 Å². The van der Waals surface area contributed by atoms with E-state index < -0.39 is 0 Å². The molecule has 288 valence electrons. The molecule has 0 fully saturated rings. The van der Waals surface area contributed by atoms with Crippen LogP contribution < -0.4 is 0 Å². The molecule has 0 N–H and O–H groups in total. The summed E-state index contributed by atoms with van der Waals surface area (Å²) in [7, 11) is 0. The Bertz CT molecular complexity index is 3540. The number of hydrogen-bond acceptors (Lipinski definition) is 3. The van der Waals surface area contributed by atoms with Crippen molar-refractivity contribution >= 4 is 21.8 Å². The zero-order chi connectivity index (χ0) is 40.8. The Balaban J connectivity index is 0.952. The Morgan fingerprint density at radius 1 is 0.290 bits per heavy atom. The van der Waals surface area contributed by atoms with Crippen LogP contribution in [-0.2, 0) is 5.41 Å². The minimum Gasteiger partial charge on any atom is -0.309 e. The van der Waals surface area contributed by atoms with Crippen LogP contribution in [0.15, 0.2) is 218 Å². The van der Waals surface area contributed by atoms with Crippen LogP contribution in [0.25, 0.3) is 95.0 Å². The molecule has 2 aliphatic rings. The van der Waals surface area contributed by atoms with Gasteiger partial charge in [0.15, 0.2) is 17.5 Å². The molecule has 4 nitrogen and oxygen atoms in total. The van der Waals surface area contributed by atoms with Gasteiger partial charge in [0.2, 0.25) is 0 Å². The molecule has 0 saturated heterocycles. The van der Waals surface area contributed by atoms with E-state index in [2.05, 4.69) is 205 Å². The Hall–Kier alpha value is -8.21. The van der Waals surface area contributed by atoms with E-state index in [0.717, 1.165) is 49.9 Å². The first kappa shape index (κ1) is 34.6. The SMILES string of the molecule is c1ccc(-c2nc(-c3cccc(-c4ccc5c(c4)-c4ccccc4C54c5ccccc5-c5ccccc54)c3)nc(-c3ccc4c(c3)c3ccccc3n4-c3ccccc3)n2)cc1. The van der Waals surface area contributed by atoms with Crippen molar-refractivity contribution in [2.24, 2.45) is 0 Å². The van der Waals surface area contributed by atoms with Gasteiger partial charge in [-0.3, -0.25) is 0 Å². The van der Waals surface area contributed by atoms with Crippen LogP contribution >= 0.6 is 0 Å². The summed E-state index contributed by atoms with van der Waals surface area (Å²) in [5, 5.41) is 2.33. The fourth-order valence-corrected chi connectivity index (χ4v) is 10.4. The van der Waals surface area contributed by atoms with Gasteiger partial charge in [-0.05, 0) is 104 Å². The van der Waals surface area contributed by atoms with Crippen molar-refractivity contribution in [3.8, 4) is 73.2 Å². The molecule has 1 spiro atoms. The second-order valence-corrected chi connectivity index (χ2v) is 16.3. The van der Waals surface area contributed by atoms with Crippen molar-refractivity contribution in [3.63, 3.8) is 0 Å². The first-order valence-electron chi connectivity index (χ1n) is 21.2. The number of hydrogen-bond donors (Lipinski definition) is 0. The lowest BCUT2D eigenvalue weighted by Gasteiger charge is -2.30. The van der Waals surface area contributed by atoms with Crippen molar-refractivity contribution in [2.75, 3.05) is 0 Å². The van der Waals surface area contributed by atoms with Crippen molar-refractivity contribution in [1.29, 1.82) is 0 Å². The maximum atomic E-state index is 5.24. The molecule has 0 unspecified atom stereocenters. The Labute approximate surface area is 359 Å². The number of para-hydroxylation sites is 2. The van der Waals surface area contributed by atoms with Crippen LogP contribution in [0.4, 0.5) is 0 Å². The highest BCUT2D eigenvalue weighted by molar-refractivity contribution is 6.10. The topological polar surface area (TPSA) is 43.6 Å². The van der Waals surface area contributed by atoms with Gasteiger partial charge in [-0.15, -0.1) is 0 Å². The smallest absolute Gasteiger partial charge is 0.164 e. The van der Waals surface area contributed by atoms with E-state index >= 15 is 0 Å². The third kappa shape index (κ3) is 4.98. The number of nitrogens with zero attached hydrogens (tertiary/aromatic N) is 4. The zero-order valence-electron chi connectivity index (χ0n) is 33.6. The molecule has 13 rings (SSSR count). The average Bonchev–Trinajstić information content (AvgIpc) is 3.96. The predicted octanol–water partition coefficient (Wildman–Crippen LogP) is 14.0. The Kier molecular flexibility index (Phi) is 7.49. The van der Waals surface area contributed by atoms with E-state index in [1.807, 2.05) is 18.2 Å². The van der Waals surface area contributed by atoms with Gasteiger partial charge in [-0.1, -0.05) is 170 Å². The fraction of sp³-hybridized carbons (Fsp3) is 0.0172. The summed E-state index contributed by atoms with van der Waals surface area (Å²) in [4.78, 5) is 15.5. The van der Waals surface area contributed by atoms with Crippen LogP contribution in [0.1, 0.15) is 22.3 Å². The first-order valence-corrected chi connectivity index (χ1v) is 21.2. The van der Waals surface area contributed by atoms with Crippen molar-refractivity contribution in [3.05, 3.63) is 241 Å². The summed E-state index contributed by atoms with van der Waals surface area (Å²) >= 11 is 0. The van der Waals surface area contributed by atoms with Crippen LogP contribution in [0.5, 0.6) is 0 Å². The molecule has 9 aromatic carbocycles. The average molecular weight is 789 g/mol. The van der Waals surface area contributed by atoms with E-state index in [4.69, 9.17) is 15.0 Å². The van der Waals surface area contributed by atoms with Crippen molar-refractivity contribution < 1.29 is 0 Å². The minimum absolute atomic E-state index is 0.367. The highest BCUT2D eigenvalue weighted by Crippen LogP contribution is 2.63. The molecule has 0 aliphatic heterocycles. The quantitative estimate of drug-likeness (QED) is 0.174. The van der Waals surface area contributed by atoms with Crippen molar-refractivity contribution in [1.82, 2.24) is 19.5 Å². The van der Waals surface area contributed by atoms with E-state index in [1.165, 1.54) is 49.9 Å². The minimum atomic E-state index is -0.367. The molecule has 2 aliphatic carbocycles. The summed E-state index contributed by atoms with van der Waals surface area (Å²) in [5.74, 6) is 1.90. The number of benzene rings is 9. The normalized spacial score (nSPS) is 13.0. The molecule has 0 amide bonds. The van der Waals surface area contributed by atoms with Gasteiger partial charge in [-0.2, -0.15) is 0 Å². The number of rotatable bonds is 5. The highest BCUT2D eigenvalue weighted by atomic mass is 15.0. The predicted molar refractivity (Wildman–Crippen MR) is 252 cm³/mol. The fourth-order valence-electron chi connectivity index (χ4n) is 10.4. The van der Waals surface area contributed by atoms with Gasteiger partial charge in [0.1, 0.15) is 0 Å². The summed E-state index contributed by atoms with van der Waals surface area (Å²) in [6.07, 6.45) is 0. The van der Waals surface area contributed by atoms with E-state index in [-0.39, 0.29) is 5.41 Å². The highest BCUT2D eigenvalue weighted by Gasteiger charge is 2.51. The molecule has 0 radical (unpaired) electrons. The molecule has 0 atom stereocenters. The third-order valence-corrected chi connectivity index (χ3v) is 13.1. The van der Waals surface area contributed by atoms with Crippen molar-refractivity contribution in [2.45, 2.75) is 5.41 Å². The molecule has 2 aromatic heterocycles. The van der Waals surface area contributed by atoms with Crippen LogP contribution in [0.3, 0.4) is 0 Å². The zero-order valence-corrected chi connectivity index (χ0v) is 33.6. The molecule has 0 saturated carbocycles. The standard InChI is InChI=1S/C58H36N4/c1-3-16-37(17-4-1)55-59-56(61-57(60-55)41-31-33-54-48(36-41)46-25-10-14-29-53(46)62(54)42-20-5-2-6-21-42)40-19-15-18-38(34-40)39-30-32-52-47(35-39)45-24-9-13-28-51(45)58(52)49-26-11-7-22-43(49)44-23-8-12-27-50(44)58/h1-36H. The monoisotopic (exact) mass is 788 g/mol. The summed E-state index contributed by atoms with van der Waals surface area (Å²) in [6.45, 7) is 0. The third-order valence-electron chi connectivity index (χ3n) is 13.1. The largest absolute Gasteiger partial charge is 0.309 e. The molecule has 11 aromatic rings. The number of aromatic nitrogens is 4. The summed E-state index contributed by atoms with van der Waals surface area (Å²) in [6, 6.07) is 78.5.